The highest BCUT2D eigenvalue weighted by molar-refractivity contribution is 7.90. The van der Waals surface area contributed by atoms with Gasteiger partial charge in [0.05, 0.1) is 5.56 Å². The van der Waals surface area contributed by atoms with E-state index in [2.05, 4.69) is 25.5 Å². The molecule has 14 heteroatoms. The van der Waals surface area contributed by atoms with Crippen LogP contribution in [-0.2, 0) is 16.3 Å². The molecule has 0 unspecified atom stereocenters. The molecule has 4 N–H and O–H groups in total. The number of nitrogens with two attached hydrogens (primary N) is 1. The minimum atomic E-state index is -3.70. The summed E-state index contributed by atoms with van der Waals surface area (Å²) in [5.41, 5.74) is 7.15. The number of anilines is 3. The number of nitrogens with zero attached hydrogens (tertiary/aromatic N) is 4. The molecule has 2 aromatic heterocycles. The van der Waals surface area contributed by atoms with Crippen LogP contribution in [0.1, 0.15) is 17.9 Å². The third-order valence-electron chi connectivity index (χ3n) is 4.51. The molecule has 4 aromatic rings. The highest BCUT2D eigenvalue weighted by Crippen LogP contribution is 2.27. The molecule has 0 atom stereocenters. The zero-order valence-corrected chi connectivity index (χ0v) is 19.6. The molecule has 2 heterocycles. The molecule has 0 radical (unpaired) electrons. The van der Waals surface area contributed by atoms with Gasteiger partial charge >= 0.3 is 6.43 Å². The van der Waals surface area contributed by atoms with Gasteiger partial charge < -0.3 is 20.6 Å². The lowest BCUT2D eigenvalue weighted by molar-refractivity contribution is 0.116. The molecule has 0 fully saturated rings. The van der Waals surface area contributed by atoms with Crippen LogP contribution >= 0.6 is 0 Å². The first-order valence-electron chi connectivity index (χ1n) is 10.2. The van der Waals surface area contributed by atoms with Crippen LogP contribution in [0.15, 0.2) is 64.0 Å². The van der Waals surface area contributed by atoms with Crippen molar-refractivity contribution in [2.45, 2.75) is 17.7 Å². The van der Waals surface area contributed by atoms with Crippen molar-refractivity contribution in [2.75, 3.05) is 23.9 Å². The first-order valence-corrected chi connectivity index (χ1v) is 12.1. The average Bonchev–Trinajstić information content (AvgIpc) is 3.30. The predicted molar refractivity (Wildman–Crippen MR) is 125 cm³/mol. The van der Waals surface area contributed by atoms with E-state index >= 15 is 0 Å². The Bertz CT molecular complexity index is 1420. The van der Waals surface area contributed by atoms with E-state index in [9.17, 15) is 21.6 Å². The zero-order valence-electron chi connectivity index (χ0n) is 18.8. The number of halogens is 3. The van der Waals surface area contributed by atoms with Crippen molar-refractivity contribution < 1.29 is 31.1 Å². The predicted octanol–water partition coefficient (Wildman–Crippen LogP) is 3.55. The van der Waals surface area contributed by atoms with E-state index in [4.69, 9.17) is 15.3 Å². The van der Waals surface area contributed by atoms with Crippen LogP contribution in [0, 0.1) is 5.82 Å². The Morgan fingerprint density at radius 2 is 1.86 bits per heavy atom. The van der Waals surface area contributed by atoms with Crippen molar-refractivity contribution in [3.63, 3.8) is 0 Å². The second-order valence-corrected chi connectivity index (χ2v) is 9.22. The number of benzene rings is 2. The van der Waals surface area contributed by atoms with Gasteiger partial charge in [-0.05, 0) is 30.2 Å². The summed E-state index contributed by atoms with van der Waals surface area (Å²) in [5.74, 6) is -2.29. The number of hydrogen-bond acceptors (Lipinski definition) is 10. The van der Waals surface area contributed by atoms with Gasteiger partial charge in [-0.2, -0.15) is 13.8 Å². The molecule has 36 heavy (non-hydrogen) atoms. The van der Waals surface area contributed by atoms with Crippen LogP contribution < -0.4 is 11.1 Å². The standard InChI is InChI=1S/C14H11F3N6O3S.C8H10O/c1-27(24,25)9-3-2-6(4-8(9)15)20-14-19-5-7(11(18)21-14)12-22-23-13(26-12)10(16)17;9-7-6-8-4-2-1-3-5-8/h2-5,10H,1H3,(H3,18,19,20,21);1-5,9H,6-7H2. The Morgan fingerprint density at radius 3 is 2.42 bits per heavy atom. The SMILES string of the molecule is CS(=O)(=O)c1ccc(Nc2ncc(-c3nnc(C(F)F)o3)c(N)n2)cc1F.OCCc1ccccc1. The monoisotopic (exact) mass is 522 g/mol. The van der Waals surface area contributed by atoms with E-state index in [0.717, 1.165) is 31.0 Å². The fourth-order valence-electron chi connectivity index (χ4n) is 2.83. The molecular weight excluding hydrogens is 501 g/mol. The van der Waals surface area contributed by atoms with Gasteiger partial charge in [-0.3, -0.25) is 0 Å². The number of alkyl halides is 2. The van der Waals surface area contributed by atoms with Crippen LogP contribution in [0.2, 0.25) is 0 Å². The number of aromatic nitrogens is 4. The number of aliphatic hydroxyl groups excluding tert-OH is 1. The maximum absolute atomic E-state index is 13.9. The van der Waals surface area contributed by atoms with E-state index in [0.29, 0.717) is 0 Å². The Kier molecular flexibility index (Phi) is 8.55. The largest absolute Gasteiger partial charge is 0.415 e. The van der Waals surface area contributed by atoms with Crippen molar-refractivity contribution in [3.8, 4) is 11.5 Å². The second-order valence-electron chi connectivity index (χ2n) is 7.24. The van der Waals surface area contributed by atoms with E-state index in [1.54, 1.807) is 0 Å². The molecule has 0 saturated heterocycles. The summed E-state index contributed by atoms with van der Waals surface area (Å²) in [6.07, 6.45) is -0.118. The molecule has 10 nitrogen and oxygen atoms in total. The highest BCUT2D eigenvalue weighted by Gasteiger charge is 2.20. The minimum Gasteiger partial charge on any atom is -0.415 e. The molecule has 0 bridgehead atoms. The van der Waals surface area contributed by atoms with Gasteiger partial charge in [-0.25, -0.2) is 17.8 Å². The summed E-state index contributed by atoms with van der Waals surface area (Å²) in [6, 6.07) is 13.3. The molecule has 4 rings (SSSR count). The molecule has 0 aliphatic carbocycles. The number of nitrogens with one attached hydrogen (secondary N) is 1. The van der Waals surface area contributed by atoms with Crippen LogP contribution in [0.3, 0.4) is 0 Å². The van der Waals surface area contributed by atoms with E-state index < -0.39 is 32.9 Å². The molecule has 190 valence electrons. The molecule has 0 amide bonds. The van der Waals surface area contributed by atoms with E-state index in [-0.39, 0.29) is 35.5 Å². The average molecular weight is 523 g/mol. The molecule has 2 aromatic carbocycles. The smallest absolute Gasteiger partial charge is 0.314 e. The fraction of sp³-hybridized carbons (Fsp3) is 0.182. The summed E-state index contributed by atoms with van der Waals surface area (Å²) in [4.78, 5) is 7.36. The summed E-state index contributed by atoms with van der Waals surface area (Å²) >= 11 is 0. The van der Waals surface area contributed by atoms with Gasteiger partial charge in [0.1, 0.15) is 16.5 Å². The lowest BCUT2D eigenvalue weighted by Gasteiger charge is -2.08. The normalized spacial score (nSPS) is 11.2. The second kappa shape index (κ2) is 11.6. The van der Waals surface area contributed by atoms with Crippen LogP contribution in [0.5, 0.6) is 0 Å². The third kappa shape index (κ3) is 6.99. The maximum atomic E-state index is 13.9. The maximum Gasteiger partial charge on any atom is 0.314 e. The number of hydrogen-bond donors (Lipinski definition) is 3. The molecular formula is C22H21F3N6O4S. The van der Waals surface area contributed by atoms with Gasteiger partial charge in [-0.15, -0.1) is 10.2 Å². The summed E-state index contributed by atoms with van der Waals surface area (Å²) < 4.78 is 66.5. The van der Waals surface area contributed by atoms with Gasteiger partial charge in [0.15, 0.2) is 9.84 Å². The van der Waals surface area contributed by atoms with Crippen molar-refractivity contribution in [1.82, 2.24) is 20.2 Å². The zero-order chi connectivity index (χ0) is 26.3. The van der Waals surface area contributed by atoms with E-state index in [1.165, 1.54) is 11.6 Å². The van der Waals surface area contributed by atoms with Crippen molar-refractivity contribution in [2.24, 2.45) is 0 Å². The van der Waals surface area contributed by atoms with E-state index in [1.807, 2.05) is 30.3 Å². The molecule has 0 spiro atoms. The minimum absolute atomic E-state index is 0.0403. The third-order valence-corrected chi connectivity index (χ3v) is 5.64. The highest BCUT2D eigenvalue weighted by atomic mass is 32.2. The summed E-state index contributed by atoms with van der Waals surface area (Å²) in [7, 11) is -3.70. The Balaban J connectivity index is 0.000000338. The van der Waals surface area contributed by atoms with Gasteiger partial charge in [0.2, 0.25) is 5.95 Å². The lowest BCUT2D eigenvalue weighted by Crippen LogP contribution is -2.04. The Morgan fingerprint density at radius 1 is 1.14 bits per heavy atom. The molecule has 0 aliphatic heterocycles. The Labute approximate surface area is 204 Å². The van der Waals surface area contributed by atoms with Crippen LogP contribution in [-0.4, -0.2) is 46.6 Å². The van der Waals surface area contributed by atoms with Gasteiger partial charge in [0.25, 0.3) is 11.8 Å². The Hall–Kier alpha value is -4.04. The van der Waals surface area contributed by atoms with Crippen LogP contribution in [0.25, 0.3) is 11.5 Å². The number of sulfone groups is 1. The topological polar surface area (TPSA) is 157 Å². The first-order chi connectivity index (χ1) is 17.1. The quantitative estimate of drug-likeness (QED) is 0.328. The number of rotatable bonds is 7. The number of aliphatic hydroxyl groups is 1. The fourth-order valence-corrected chi connectivity index (χ4v) is 3.56. The van der Waals surface area contributed by atoms with Gasteiger partial charge in [0, 0.05) is 24.7 Å². The number of nitrogen functional groups attached to an aromatic ring is 1. The summed E-state index contributed by atoms with van der Waals surface area (Å²) in [5, 5.41) is 17.8. The van der Waals surface area contributed by atoms with Crippen LogP contribution in [0.4, 0.5) is 30.6 Å². The first kappa shape index (κ1) is 26.6. The summed E-state index contributed by atoms with van der Waals surface area (Å²) in [6.45, 7) is 0.240. The van der Waals surface area contributed by atoms with Crippen molar-refractivity contribution in [3.05, 3.63) is 72.0 Å². The van der Waals surface area contributed by atoms with Crippen molar-refractivity contribution in [1.29, 1.82) is 0 Å². The van der Waals surface area contributed by atoms with Crippen molar-refractivity contribution >= 4 is 27.3 Å². The van der Waals surface area contributed by atoms with Gasteiger partial charge in [-0.1, -0.05) is 30.3 Å². The molecule has 0 aliphatic rings. The lowest BCUT2D eigenvalue weighted by atomic mass is 10.2. The molecule has 0 saturated carbocycles.